The van der Waals surface area contributed by atoms with Crippen LogP contribution in [0, 0.1) is 0 Å². The fourth-order valence-corrected chi connectivity index (χ4v) is 2.39. The lowest BCUT2D eigenvalue weighted by Crippen LogP contribution is -2.41. The lowest BCUT2D eigenvalue weighted by molar-refractivity contribution is -0.123. The molecule has 2 aromatic rings. The number of pyridine rings is 1. The quantitative estimate of drug-likeness (QED) is 0.715. The first-order chi connectivity index (χ1) is 12.9. The Morgan fingerprint density at radius 1 is 1.26 bits per heavy atom. The Hall–Kier alpha value is -3.23. The van der Waals surface area contributed by atoms with Crippen LogP contribution in [0.4, 0.5) is 4.79 Å². The smallest absolute Gasteiger partial charge is 0.342 e. The van der Waals surface area contributed by atoms with Crippen molar-refractivity contribution in [2.45, 2.75) is 33.1 Å². The van der Waals surface area contributed by atoms with Crippen LogP contribution >= 0.6 is 0 Å². The van der Waals surface area contributed by atoms with E-state index in [0.717, 1.165) is 6.42 Å². The van der Waals surface area contributed by atoms with Crippen molar-refractivity contribution in [3.63, 3.8) is 0 Å². The zero-order valence-electron chi connectivity index (χ0n) is 15.6. The number of nitrogens with one attached hydrogen (secondary N) is 2. The van der Waals surface area contributed by atoms with Crippen molar-refractivity contribution in [1.29, 1.82) is 0 Å². The number of urea groups is 1. The normalized spacial score (nSPS) is 10.5. The fourth-order valence-electron chi connectivity index (χ4n) is 2.39. The van der Waals surface area contributed by atoms with Crippen molar-refractivity contribution < 1.29 is 19.1 Å². The van der Waals surface area contributed by atoms with Gasteiger partial charge >= 0.3 is 12.0 Å². The molecule has 2 N–H and O–H groups in total. The van der Waals surface area contributed by atoms with Crippen molar-refractivity contribution >= 4 is 17.9 Å². The first kappa shape index (κ1) is 20.1. The second kappa shape index (κ2) is 9.46. The van der Waals surface area contributed by atoms with Gasteiger partial charge in [-0.2, -0.15) is 5.10 Å². The lowest BCUT2D eigenvalue weighted by Gasteiger charge is -2.12. The maximum atomic E-state index is 12.4. The lowest BCUT2D eigenvalue weighted by atomic mass is 10.1. The summed E-state index contributed by atoms with van der Waals surface area (Å²) < 4.78 is 6.60. The minimum absolute atomic E-state index is 0.0364. The number of esters is 1. The van der Waals surface area contributed by atoms with Crippen LogP contribution in [0.1, 0.15) is 49.2 Å². The summed E-state index contributed by atoms with van der Waals surface area (Å²) in [4.78, 5) is 39.8. The maximum absolute atomic E-state index is 12.4. The molecule has 27 heavy (non-hydrogen) atoms. The van der Waals surface area contributed by atoms with Gasteiger partial charge in [-0.3, -0.25) is 10.1 Å². The Labute approximate surface area is 157 Å². The number of hydrogen-bond acceptors (Lipinski definition) is 6. The molecule has 0 fully saturated rings. The summed E-state index contributed by atoms with van der Waals surface area (Å²) in [5.41, 5.74) is 0.874. The number of carbonyl (C=O) groups is 3. The Balaban J connectivity index is 2.05. The van der Waals surface area contributed by atoms with Crippen LogP contribution in [0.15, 0.2) is 30.6 Å². The number of carbonyl (C=O) groups excluding carboxylic acids is 3. The highest BCUT2D eigenvalue weighted by Gasteiger charge is 2.23. The Morgan fingerprint density at radius 3 is 2.67 bits per heavy atom. The van der Waals surface area contributed by atoms with E-state index in [4.69, 9.17) is 4.74 Å². The van der Waals surface area contributed by atoms with Gasteiger partial charge in [0.05, 0.1) is 11.9 Å². The molecule has 9 nitrogen and oxygen atoms in total. The molecule has 0 aliphatic rings. The van der Waals surface area contributed by atoms with E-state index in [1.807, 2.05) is 26.8 Å². The van der Waals surface area contributed by atoms with Crippen molar-refractivity contribution in [3.8, 4) is 5.82 Å². The predicted molar refractivity (Wildman–Crippen MR) is 97.6 cm³/mol. The predicted octanol–water partition coefficient (Wildman–Crippen LogP) is 1.78. The van der Waals surface area contributed by atoms with E-state index in [-0.39, 0.29) is 11.5 Å². The minimum atomic E-state index is -0.708. The zero-order chi connectivity index (χ0) is 19.8. The second-order valence-corrected chi connectivity index (χ2v) is 6.08. The van der Waals surface area contributed by atoms with Crippen molar-refractivity contribution in [2.24, 2.45) is 0 Å². The molecule has 0 aliphatic heterocycles. The Kier molecular flexibility index (Phi) is 7.04. The third kappa shape index (κ3) is 5.37. The molecule has 144 valence electrons. The SMILES string of the molecule is CCCNC(=O)NC(=O)COC(=O)c1cnn(-c2ccccn2)c1C(C)C. The standard InChI is InChI=1S/C18H23N5O4/c1-4-8-20-18(26)22-15(24)11-27-17(25)13-10-21-23(16(13)12(2)3)14-7-5-6-9-19-14/h5-7,9-10,12H,4,8,11H2,1-3H3,(H2,20,22,24,26). The van der Waals surface area contributed by atoms with Gasteiger partial charge in [-0.1, -0.05) is 26.8 Å². The highest BCUT2D eigenvalue weighted by atomic mass is 16.5. The molecule has 0 aliphatic carbocycles. The van der Waals surface area contributed by atoms with Crippen LogP contribution in [0.3, 0.4) is 0 Å². The molecule has 0 spiro atoms. The third-order valence-corrected chi connectivity index (χ3v) is 3.56. The van der Waals surface area contributed by atoms with Crippen molar-refractivity contribution in [2.75, 3.05) is 13.2 Å². The summed E-state index contributed by atoms with van der Waals surface area (Å²) in [7, 11) is 0. The number of rotatable bonds is 7. The van der Waals surface area contributed by atoms with Gasteiger partial charge in [-0.15, -0.1) is 0 Å². The Morgan fingerprint density at radius 2 is 2.04 bits per heavy atom. The monoisotopic (exact) mass is 373 g/mol. The molecule has 0 saturated carbocycles. The van der Waals surface area contributed by atoms with E-state index in [1.54, 1.807) is 23.0 Å². The van der Waals surface area contributed by atoms with E-state index in [2.05, 4.69) is 20.7 Å². The first-order valence-corrected chi connectivity index (χ1v) is 8.68. The molecule has 0 bridgehead atoms. The summed E-state index contributed by atoms with van der Waals surface area (Å²) in [5, 5.41) is 8.82. The number of hydrogen-bond donors (Lipinski definition) is 2. The number of imide groups is 1. The summed E-state index contributed by atoms with van der Waals surface area (Å²) in [6.07, 6.45) is 3.76. The minimum Gasteiger partial charge on any atom is -0.452 e. The summed E-state index contributed by atoms with van der Waals surface area (Å²) >= 11 is 0. The highest BCUT2D eigenvalue weighted by molar-refractivity contribution is 5.97. The van der Waals surface area contributed by atoms with Crippen molar-refractivity contribution in [1.82, 2.24) is 25.4 Å². The molecular weight excluding hydrogens is 350 g/mol. The molecule has 0 atom stereocenters. The average Bonchev–Trinajstić information content (AvgIpc) is 3.10. The second-order valence-electron chi connectivity index (χ2n) is 6.08. The van der Waals surface area contributed by atoms with Gasteiger partial charge in [0, 0.05) is 12.7 Å². The summed E-state index contributed by atoms with van der Waals surface area (Å²) in [6, 6.07) is 4.76. The highest BCUT2D eigenvalue weighted by Crippen LogP contribution is 2.22. The number of amides is 3. The van der Waals surface area contributed by atoms with Gasteiger partial charge in [-0.25, -0.2) is 19.3 Å². The van der Waals surface area contributed by atoms with E-state index >= 15 is 0 Å². The van der Waals surface area contributed by atoms with Crippen LogP contribution < -0.4 is 10.6 Å². The maximum Gasteiger partial charge on any atom is 0.342 e. The van der Waals surface area contributed by atoms with E-state index in [9.17, 15) is 14.4 Å². The van der Waals surface area contributed by atoms with Gasteiger partial charge in [0.15, 0.2) is 12.4 Å². The summed E-state index contributed by atoms with van der Waals surface area (Å²) in [6.45, 7) is 5.60. The van der Waals surface area contributed by atoms with E-state index < -0.39 is 24.5 Å². The topological polar surface area (TPSA) is 115 Å². The van der Waals surface area contributed by atoms with Crippen molar-refractivity contribution in [3.05, 3.63) is 41.9 Å². The van der Waals surface area contributed by atoms with Gasteiger partial charge in [0.2, 0.25) is 0 Å². The number of nitrogens with zero attached hydrogens (tertiary/aromatic N) is 3. The molecule has 0 radical (unpaired) electrons. The molecule has 9 heteroatoms. The molecule has 2 rings (SSSR count). The van der Waals surface area contributed by atoms with E-state index in [1.165, 1.54) is 6.20 Å². The van der Waals surface area contributed by atoms with E-state index in [0.29, 0.717) is 18.1 Å². The van der Waals surface area contributed by atoms with Gasteiger partial charge < -0.3 is 10.1 Å². The number of aromatic nitrogens is 3. The van der Waals surface area contributed by atoms with Crippen LogP contribution in [-0.2, 0) is 9.53 Å². The van der Waals surface area contributed by atoms with Crippen LogP contribution in [0.5, 0.6) is 0 Å². The van der Waals surface area contributed by atoms with Crippen LogP contribution in [0.25, 0.3) is 5.82 Å². The zero-order valence-corrected chi connectivity index (χ0v) is 15.6. The molecule has 0 saturated heterocycles. The number of ether oxygens (including phenoxy) is 1. The van der Waals surface area contributed by atoms with Gasteiger partial charge in [0.1, 0.15) is 5.56 Å². The molecule has 2 aromatic heterocycles. The molecular formula is C18H23N5O4. The van der Waals surface area contributed by atoms with Gasteiger partial charge in [-0.05, 0) is 24.5 Å². The third-order valence-electron chi connectivity index (χ3n) is 3.56. The largest absolute Gasteiger partial charge is 0.452 e. The molecule has 2 heterocycles. The van der Waals surface area contributed by atoms with Crippen LogP contribution in [-0.4, -0.2) is 45.8 Å². The molecule has 0 unspecified atom stereocenters. The van der Waals surface area contributed by atoms with Gasteiger partial charge in [0.25, 0.3) is 5.91 Å². The molecule has 0 aromatic carbocycles. The summed E-state index contributed by atoms with van der Waals surface area (Å²) in [5.74, 6) is -0.860. The van der Waals surface area contributed by atoms with Crippen LogP contribution in [0.2, 0.25) is 0 Å². The fraction of sp³-hybridized carbons (Fsp3) is 0.389. The Bertz CT molecular complexity index is 801. The molecule has 3 amide bonds. The average molecular weight is 373 g/mol. The first-order valence-electron chi connectivity index (χ1n) is 8.68.